The number of nitrogens with zero attached hydrogens (tertiary/aromatic N) is 2. The van der Waals surface area contributed by atoms with Crippen molar-refractivity contribution < 1.29 is 4.39 Å². The fourth-order valence-corrected chi connectivity index (χ4v) is 2.08. The van der Waals surface area contributed by atoms with E-state index in [0.29, 0.717) is 6.42 Å². The van der Waals surface area contributed by atoms with E-state index in [-0.39, 0.29) is 5.82 Å². The Bertz CT molecular complexity index is 701. The summed E-state index contributed by atoms with van der Waals surface area (Å²) in [5.74, 6) is -0.202. The van der Waals surface area contributed by atoms with Crippen LogP contribution in [0.1, 0.15) is 16.8 Å². The Morgan fingerprint density at radius 2 is 2.11 bits per heavy atom. The molecule has 2 heterocycles. The topological polar surface area (TPSA) is 17.3 Å². The second-order valence-electron chi connectivity index (χ2n) is 4.51. The molecule has 0 saturated carbocycles. The van der Waals surface area contributed by atoms with Crippen LogP contribution in [-0.2, 0) is 6.42 Å². The summed E-state index contributed by atoms with van der Waals surface area (Å²) >= 11 is 0. The number of imidazole rings is 1. The summed E-state index contributed by atoms with van der Waals surface area (Å²) in [6, 6.07) is 10.7. The summed E-state index contributed by atoms with van der Waals surface area (Å²) in [5.41, 5.74) is 4.01. The van der Waals surface area contributed by atoms with Gasteiger partial charge in [0.25, 0.3) is 0 Å². The first-order chi connectivity index (χ1) is 8.70. The predicted molar refractivity (Wildman–Crippen MR) is 69.1 cm³/mol. The lowest BCUT2D eigenvalue weighted by atomic mass is 10.1. The van der Waals surface area contributed by atoms with Gasteiger partial charge < -0.3 is 4.40 Å². The van der Waals surface area contributed by atoms with Crippen LogP contribution in [0.3, 0.4) is 0 Å². The van der Waals surface area contributed by atoms with Crippen LogP contribution in [0.15, 0.2) is 48.8 Å². The van der Waals surface area contributed by atoms with Gasteiger partial charge in [-0.25, -0.2) is 9.37 Å². The number of benzene rings is 1. The molecule has 3 rings (SSSR count). The predicted octanol–water partition coefficient (Wildman–Crippen LogP) is 3.37. The highest BCUT2D eigenvalue weighted by molar-refractivity contribution is 5.43. The van der Waals surface area contributed by atoms with Gasteiger partial charge in [-0.15, -0.1) is 0 Å². The molecule has 90 valence electrons. The molecule has 0 atom stereocenters. The molecule has 0 N–H and O–H groups in total. The molecule has 0 radical (unpaired) electrons. The fraction of sp³-hybridized carbons (Fsp3) is 0.133. The third kappa shape index (κ3) is 2.12. The second kappa shape index (κ2) is 4.26. The van der Waals surface area contributed by atoms with Crippen LogP contribution < -0.4 is 0 Å². The molecular formula is C15H13FN2. The van der Waals surface area contributed by atoms with Crippen LogP contribution in [0.4, 0.5) is 4.39 Å². The number of pyridine rings is 1. The molecule has 3 heteroatoms. The summed E-state index contributed by atoms with van der Waals surface area (Å²) in [4.78, 5) is 4.54. The average molecular weight is 240 g/mol. The van der Waals surface area contributed by atoms with Crippen LogP contribution in [-0.4, -0.2) is 9.38 Å². The Hall–Kier alpha value is -2.16. The molecule has 0 unspecified atom stereocenters. The Labute approximate surface area is 105 Å². The van der Waals surface area contributed by atoms with Crippen molar-refractivity contribution in [3.8, 4) is 0 Å². The Morgan fingerprint density at radius 3 is 2.94 bits per heavy atom. The van der Waals surface area contributed by atoms with Crippen LogP contribution in [0.25, 0.3) is 5.65 Å². The van der Waals surface area contributed by atoms with Gasteiger partial charge in [0, 0.05) is 18.8 Å². The molecule has 0 amide bonds. The maximum Gasteiger partial charge on any atom is 0.137 e. The van der Waals surface area contributed by atoms with Gasteiger partial charge in [0.05, 0.1) is 5.69 Å². The minimum Gasteiger partial charge on any atom is -0.307 e. The molecule has 1 aromatic carbocycles. The molecule has 2 aromatic heterocycles. The monoisotopic (exact) mass is 240 g/mol. The minimum atomic E-state index is -0.202. The lowest BCUT2D eigenvalue weighted by Gasteiger charge is -1.97. The zero-order valence-electron chi connectivity index (χ0n) is 10.1. The highest BCUT2D eigenvalue weighted by atomic mass is 19.1. The van der Waals surface area contributed by atoms with Gasteiger partial charge in [-0.05, 0) is 42.3 Å². The zero-order valence-corrected chi connectivity index (χ0v) is 10.1. The van der Waals surface area contributed by atoms with Gasteiger partial charge in [0.2, 0.25) is 0 Å². The van der Waals surface area contributed by atoms with Crippen molar-refractivity contribution in [3.63, 3.8) is 0 Å². The van der Waals surface area contributed by atoms with E-state index in [1.807, 2.05) is 41.9 Å². The van der Waals surface area contributed by atoms with Crippen LogP contribution in [0.5, 0.6) is 0 Å². The van der Waals surface area contributed by atoms with Crippen molar-refractivity contribution in [2.75, 3.05) is 0 Å². The minimum absolute atomic E-state index is 0.202. The fourth-order valence-electron chi connectivity index (χ4n) is 2.08. The van der Waals surface area contributed by atoms with Gasteiger partial charge in [0.1, 0.15) is 11.5 Å². The molecule has 0 aliphatic carbocycles. The lowest BCUT2D eigenvalue weighted by Crippen LogP contribution is -1.88. The smallest absolute Gasteiger partial charge is 0.137 e. The number of hydrogen-bond donors (Lipinski definition) is 0. The first kappa shape index (κ1) is 11.0. The standard InChI is InChI=1S/C15H13FN2/c1-11-5-6-18-10-14(17-15(18)7-11)9-12-3-2-4-13(16)8-12/h2-8,10H,9H2,1H3. The highest BCUT2D eigenvalue weighted by Gasteiger charge is 2.03. The van der Waals surface area contributed by atoms with E-state index in [9.17, 15) is 4.39 Å². The first-order valence-corrected chi connectivity index (χ1v) is 5.89. The summed E-state index contributed by atoms with van der Waals surface area (Å²) in [7, 11) is 0. The third-order valence-electron chi connectivity index (χ3n) is 2.94. The van der Waals surface area contributed by atoms with Gasteiger partial charge in [0.15, 0.2) is 0 Å². The molecule has 0 fully saturated rings. The Kier molecular flexibility index (Phi) is 2.59. The third-order valence-corrected chi connectivity index (χ3v) is 2.94. The number of aromatic nitrogens is 2. The number of rotatable bonds is 2. The SMILES string of the molecule is Cc1ccn2cc(Cc3cccc(F)c3)nc2c1. The van der Waals surface area contributed by atoms with Crippen molar-refractivity contribution in [2.45, 2.75) is 13.3 Å². The van der Waals surface area contributed by atoms with Gasteiger partial charge >= 0.3 is 0 Å². The largest absolute Gasteiger partial charge is 0.307 e. The van der Waals surface area contributed by atoms with E-state index in [4.69, 9.17) is 0 Å². The van der Waals surface area contributed by atoms with Crippen LogP contribution >= 0.6 is 0 Å². The van der Waals surface area contributed by atoms with E-state index >= 15 is 0 Å². The molecular weight excluding hydrogens is 227 g/mol. The Morgan fingerprint density at radius 1 is 1.22 bits per heavy atom. The van der Waals surface area contributed by atoms with Crippen molar-refractivity contribution in [3.05, 3.63) is 71.4 Å². The van der Waals surface area contributed by atoms with Gasteiger partial charge in [-0.3, -0.25) is 0 Å². The quantitative estimate of drug-likeness (QED) is 0.671. The zero-order chi connectivity index (χ0) is 12.5. The summed E-state index contributed by atoms with van der Waals surface area (Å²) < 4.78 is 15.1. The molecule has 2 nitrogen and oxygen atoms in total. The van der Waals surface area contributed by atoms with Crippen molar-refractivity contribution in [1.82, 2.24) is 9.38 Å². The normalized spacial score (nSPS) is 11.0. The lowest BCUT2D eigenvalue weighted by molar-refractivity contribution is 0.626. The van der Waals surface area contributed by atoms with E-state index in [1.54, 1.807) is 12.1 Å². The number of fused-ring (bicyclic) bond motifs is 1. The summed E-state index contributed by atoms with van der Waals surface area (Å²) in [6.45, 7) is 2.04. The van der Waals surface area contributed by atoms with E-state index < -0.39 is 0 Å². The summed E-state index contributed by atoms with van der Waals surface area (Å²) in [5, 5.41) is 0. The van der Waals surface area contributed by atoms with E-state index in [2.05, 4.69) is 4.98 Å². The molecule has 0 bridgehead atoms. The van der Waals surface area contributed by atoms with E-state index in [1.165, 1.54) is 11.6 Å². The Balaban J connectivity index is 1.95. The number of hydrogen-bond acceptors (Lipinski definition) is 1. The maximum atomic E-state index is 13.1. The molecule has 18 heavy (non-hydrogen) atoms. The molecule has 3 aromatic rings. The first-order valence-electron chi connectivity index (χ1n) is 5.89. The number of halogens is 1. The molecule has 0 saturated heterocycles. The van der Waals surface area contributed by atoms with Gasteiger partial charge in [-0.1, -0.05) is 12.1 Å². The average Bonchev–Trinajstić information content (AvgIpc) is 2.70. The van der Waals surface area contributed by atoms with Crippen molar-refractivity contribution in [1.29, 1.82) is 0 Å². The van der Waals surface area contributed by atoms with Crippen molar-refractivity contribution in [2.24, 2.45) is 0 Å². The van der Waals surface area contributed by atoms with Crippen LogP contribution in [0.2, 0.25) is 0 Å². The van der Waals surface area contributed by atoms with E-state index in [0.717, 1.165) is 16.9 Å². The molecule has 0 spiro atoms. The van der Waals surface area contributed by atoms with Gasteiger partial charge in [-0.2, -0.15) is 0 Å². The highest BCUT2D eigenvalue weighted by Crippen LogP contribution is 2.12. The summed E-state index contributed by atoms with van der Waals surface area (Å²) in [6.07, 6.45) is 4.63. The molecule has 0 aliphatic heterocycles. The second-order valence-corrected chi connectivity index (χ2v) is 4.51. The molecule has 0 aliphatic rings. The van der Waals surface area contributed by atoms with Crippen LogP contribution in [0, 0.1) is 12.7 Å². The maximum absolute atomic E-state index is 13.1. The number of aryl methyl sites for hydroxylation is 1. The van der Waals surface area contributed by atoms with Crippen molar-refractivity contribution >= 4 is 5.65 Å².